The van der Waals surface area contributed by atoms with Gasteiger partial charge in [-0.3, -0.25) is 9.59 Å². The zero-order valence-electron chi connectivity index (χ0n) is 19.4. The predicted octanol–water partition coefficient (Wildman–Crippen LogP) is 2.66. The van der Waals surface area contributed by atoms with Crippen LogP contribution in [-0.2, 0) is 19.8 Å². The lowest BCUT2D eigenvalue weighted by Crippen LogP contribution is -2.37. The second-order valence-corrected chi connectivity index (χ2v) is 9.14. The van der Waals surface area contributed by atoms with Crippen molar-refractivity contribution in [3.63, 3.8) is 0 Å². The number of carbonyl (C=O) groups excluding carboxylic acids is 2. The number of carbonyl (C=O) groups is 2. The highest BCUT2D eigenvalue weighted by Gasteiger charge is 2.32. The molecule has 4 N–H and O–H groups in total. The molecule has 0 aromatic carbocycles. The van der Waals surface area contributed by atoms with Crippen molar-refractivity contribution in [2.75, 3.05) is 23.8 Å². The van der Waals surface area contributed by atoms with Gasteiger partial charge in [0.2, 0.25) is 10.3 Å². The molecule has 10 nitrogen and oxygen atoms in total. The SMILES string of the molecule is CC1=CC=C(C(=O)Nc2cccnc2C(=O)Nc2ccc(Cl)cn2)C(OC[C@H](C)CN)C1=S(=O)=O.Cl. The summed E-state index contributed by atoms with van der Waals surface area (Å²) in [5.74, 6) is -1.06. The molecule has 1 aliphatic carbocycles. The monoisotopic (exact) mass is 553 g/mol. The van der Waals surface area contributed by atoms with E-state index in [9.17, 15) is 18.0 Å². The molecule has 0 spiro atoms. The summed E-state index contributed by atoms with van der Waals surface area (Å²) in [6.45, 7) is 3.94. The molecule has 1 unspecified atom stereocenters. The standard InChI is InChI=1S/C23H24ClN5O5S.ClH/c1-13(10-25)12-34-20-16(7-5-14(2)21(20)35(32)33)22(30)28-17-4-3-9-26-19(17)23(31)29-18-8-6-15(24)11-27-18;/h3-9,11,13,20H,10,12,25H2,1-2H3,(H,28,30)(H,27,29,31);1H/t13-,20?;/m1./s1. The Bertz CT molecular complexity index is 1320. The molecule has 36 heavy (non-hydrogen) atoms. The first kappa shape index (κ1) is 29.1. The summed E-state index contributed by atoms with van der Waals surface area (Å²) in [5.41, 5.74) is 6.22. The lowest BCUT2D eigenvalue weighted by molar-refractivity contribution is -0.113. The van der Waals surface area contributed by atoms with Gasteiger partial charge in [0.05, 0.1) is 22.9 Å². The molecule has 0 fully saturated rings. The summed E-state index contributed by atoms with van der Waals surface area (Å²) in [6.07, 6.45) is 4.67. The van der Waals surface area contributed by atoms with E-state index in [1.54, 1.807) is 19.1 Å². The summed E-state index contributed by atoms with van der Waals surface area (Å²) in [5, 5.41) is 5.64. The van der Waals surface area contributed by atoms with Crippen molar-refractivity contribution in [3.05, 3.63) is 70.7 Å². The third-order valence-electron chi connectivity index (χ3n) is 5.05. The lowest BCUT2D eigenvalue weighted by atomic mass is 9.95. The van der Waals surface area contributed by atoms with Crippen molar-refractivity contribution in [3.8, 4) is 0 Å². The fourth-order valence-electron chi connectivity index (χ4n) is 3.15. The summed E-state index contributed by atoms with van der Waals surface area (Å²) in [6, 6.07) is 6.14. The quantitative estimate of drug-likeness (QED) is 0.421. The number of nitrogens with two attached hydrogens (primary N) is 1. The van der Waals surface area contributed by atoms with Crippen LogP contribution in [0.4, 0.5) is 11.5 Å². The fourth-order valence-corrected chi connectivity index (χ4v) is 3.96. The number of hydrogen-bond acceptors (Lipinski definition) is 8. The maximum Gasteiger partial charge on any atom is 0.277 e. The Morgan fingerprint density at radius 3 is 2.56 bits per heavy atom. The molecule has 1 aliphatic rings. The van der Waals surface area contributed by atoms with E-state index in [0.717, 1.165) is 0 Å². The van der Waals surface area contributed by atoms with Gasteiger partial charge in [-0.05, 0) is 49.2 Å². The van der Waals surface area contributed by atoms with E-state index in [4.69, 9.17) is 22.1 Å². The minimum absolute atomic E-state index is 0. The number of amides is 2. The molecule has 13 heteroatoms. The molecule has 2 aromatic rings. The van der Waals surface area contributed by atoms with Crippen molar-refractivity contribution in [1.82, 2.24) is 9.97 Å². The molecule has 0 bridgehead atoms. The molecule has 0 aliphatic heterocycles. The molecule has 0 radical (unpaired) electrons. The molecule has 0 saturated carbocycles. The first-order valence-corrected chi connectivity index (χ1v) is 12.0. The topological polar surface area (TPSA) is 153 Å². The normalized spacial score (nSPS) is 15.7. The van der Waals surface area contributed by atoms with Crippen molar-refractivity contribution in [2.45, 2.75) is 20.0 Å². The zero-order valence-corrected chi connectivity index (χ0v) is 21.8. The Labute approximate surface area is 220 Å². The van der Waals surface area contributed by atoms with Crippen LogP contribution in [0, 0.1) is 5.92 Å². The first-order valence-electron chi connectivity index (χ1n) is 10.6. The maximum atomic E-state index is 13.2. The van der Waals surface area contributed by atoms with Gasteiger partial charge < -0.3 is 21.1 Å². The van der Waals surface area contributed by atoms with Gasteiger partial charge in [0, 0.05) is 12.4 Å². The van der Waals surface area contributed by atoms with Gasteiger partial charge in [0.15, 0.2) is 5.69 Å². The number of nitrogens with zero attached hydrogens (tertiary/aromatic N) is 2. The highest BCUT2D eigenvalue weighted by molar-refractivity contribution is 7.73. The number of aromatic nitrogens is 2. The zero-order chi connectivity index (χ0) is 25.5. The van der Waals surface area contributed by atoms with Crippen molar-refractivity contribution in [1.29, 1.82) is 0 Å². The van der Waals surface area contributed by atoms with E-state index < -0.39 is 28.2 Å². The van der Waals surface area contributed by atoms with Gasteiger partial charge in [-0.25, -0.2) is 9.97 Å². The summed E-state index contributed by atoms with van der Waals surface area (Å²) < 4.78 is 29.7. The largest absolute Gasteiger partial charge is 0.367 e. The summed E-state index contributed by atoms with van der Waals surface area (Å²) in [7, 11) is -2.62. The minimum Gasteiger partial charge on any atom is -0.367 e. The number of allylic oxidation sites excluding steroid dienone is 2. The highest BCUT2D eigenvalue weighted by Crippen LogP contribution is 2.23. The van der Waals surface area contributed by atoms with Crippen LogP contribution >= 0.6 is 24.0 Å². The lowest BCUT2D eigenvalue weighted by Gasteiger charge is -2.25. The number of ether oxygens (including phenoxy) is 1. The molecule has 2 atom stereocenters. The van der Waals surface area contributed by atoms with Crippen LogP contribution in [0.25, 0.3) is 0 Å². The fraction of sp³-hybridized carbons (Fsp3) is 0.261. The molecular formula is C23H25Cl2N5O5S. The van der Waals surface area contributed by atoms with Gasteiger partial charge >= 0.3 is 0 Å². The predicted molar refractivity (Wildman–Crippen MR) is 141 cm³/mol. The van der Waals surface area contributed by atoms with E-state index >= 15 is 0 Å². The molecule has 0 saturated heterocycles. The summed E-state index contributed by atoms with van der Waals surface area (Å²) in [4.78, 5) is 34.1. The number of nitrogens with one attached hydrogen (secondary N) is 2. The molecule has 3 rings (SSSR count). The third-order valence-corrected chi connectivity index (χ3v) is 6.17. The van der Waals surface area contributed by atoms with Crippen molar-refractivity contribution >= 4 is 62.5 Å². The molecule has 192 valence electrons. The Balaban J connectivity index is 0.00000456. The van der Waals surface area contributed by atoms with Gasteiger partial charge in [0.25, 0.3) is 11.8 Å². The van der Waals surface area contributed by atoms with Gasteiger partial charge in [-0.2, -0.15) is 8.42 Å². The average Bonchev–Trinajstić information content (AvgIpc) is 2.83. The van der Waals surface area contributed by atoms with Crippen LogP contribution in [0.1, 0.15) is 24.3 Å². The number of pyridine rings is 2. The highest BCUT2D eigenvalue weighted by atomic mass is 35.5. The maximum absolute atomic E-state index is 13.2. The second-order valence-electron chi connectivity index (χ2n) is 7.79. The summed E-state index contributed by atoms with van der Waals surface area (Å²) >= 11 is 5.82. The van der Waals surface area contributed by atoms with Gasteiger partial charge in [0.1, 0.15) is 16.8 Å². The van der Waals surface area contributed by atoms with Gasteiger partial charge in [-0.1, -0.05) is 30.7 Å². The van der Waals surface area contributed by atoms with Crippen LogP contribution < -0.4 is 16.4 Å². The third kappa shape index (κ3) is 7.21. The second kappa shape index (κ2) is 13.3. The van der Waals surface area contributed by atoms with Gasteiger partial charge in [-0.15, -0.1) is 12.4 Å². The molecule has 2 heterocycles. The Morgan fingerprint density at radius 1 is 1.17 bits per heavy atom. The smallest absolute Gasteiger partial charge is 0.277 e. The Kier molecular flexibility index (Phi) is 10.8. The van der Waals surface area contributed by atoms with Crippen LogP contribution in [0.15, 0.2) is 60.0 Å². The van der Waals surface area contributed by atoms with Crippen molar-refractivity contribution in [2.24, 2.45) is 11.7 Å². The molecule has 2 amide bonds. The Morgan fingerprint density at radius 2 is 1.92 bits per heavy atom. The minimum atomic E-state index is -2.62. The molecule has 2 aromatic heterocycles. The van der Waals surface area contributed by atoms with E-state index in [-0.39, 0.29) is 52.6 Å². The number of anilines is 2. The van der Waals surface area contributed by atoms with Crippen molar-refractivity contribution < 1.29 is 22.7 Å². The van der Waals surface area contributed by atoms with Crippen LogP contribution in [0.2, 0.25) is 5.02 Å². The Hall–Kier alpha value is -3.09. The first-order chi connectivity index (χ1) is 16.7. The number of rotatable bonds is 8. The van der Waals surface area contributed by atoms with Crippen LogP contribution in [0.5, 0.6) is 0 Å². The van der Waals surface area contributed by atoms with Crippen LogP contribution in [0.3, 0.4) is 0 Å². The number of hydrogen-bond donors (Lipinski definition) is 3. The number of halogens is 2. The van der Waals surface area contributed by atoms with E-state index in [1.165, 1.54) is 36.7 Å². The van der Waals surface area contributed by atoms with Crippen LogP contribution in [-0.4, -0.2) is 54.3 Å². The molecular weight excluding hydrogens is 529 g/mol. The van der Waals surface area contributed by atoms with E-state index in [2.05, 4.69) is 20.6 Å². The average molecular weight is 554 g/mol. The van der Waals surface area contributed by atoms with E-state index in [0.29, 0.717) is 17.1 Å². The van der Waals surface area contributed by atoms with E-state index in [1.807, 2.05) is 6.92 Å².